The number of carbonyl (C=O) groups is 2. The van der Waals surface area contributed by atoms with Gasteiger partial charge in [-0.15, -0.1) is 11.3 Å². The van der Waals surface area contributed by atoms with Crippen molar-refractivity contribution in [1.82, 2.24) is 5.32 Å². The first kappa shape index (κ1) is 14.7. The first-order valence-electron chi connectivity index (χ1n) is 5.87. The molecule has 5 nitrogen and oxygen atoms in total. The lowest BCUT2D eigenvalue weighted by Gasteiger charge is -2.33. The molecular weight excluding hydrogens is 381 g/mol. The van der Waals surface area contributed by atoms with Crippen LogP contribution in [0.2, 0.25) is 0 Å². The van der Waals surface area contributed by atoms with Crippen molar-refractivity contribution >= 4 is 45.8 Å². The summed E-state index contributed by atoms with van der Waals surface area (Å²) in [5.41, 5.74) is -0.307. The van der Waals surface area contributed by atoms with Crippen LogP contribution in [0.15, 0.2) is 11.4 Å². The molecule has 2 heterocycles. The second-order valence-electron chi connectivity index (χ2n) is 4.52. The lowest BCUT2D eigenvalue weighted by Crippen LogP contribution is -2.46. The molecule has 0 unspecified atom stereocenters. The number of ether oxygens (including phenoxy) is 1. The Morgan fingerprint density at radius 3 is 2.68 bits per heavy atom. The van der Waals surface area contributed by atoms with Gasteiger partial charge >= 0.3 is 5.97 Å². The van der Waals surface area contributed by atoms with Crippen LogP contribution in [0.5, 0.6) is 0 Å². The number of aliphatic carboxylic acids is 1. The molecule has 0 spiro atoms. The number of carbonyl (C=O) groups excluding carboxylic acids is 1. The van der Waals surface area contributed by atoms with Gasteiger partial charge in [0.05, 0.1) is 13.9 Å². The van der Waals surface area contributed by atoms with Crippen molar-refractivity contribution in [3.63, 3.8) is 0 Å². The molecule has 19 heavy (non-hydrogen) atoms. The van der Waals surface area contributed by atoms with Gasteiger partial charge in [0.1, 0.15) is 0 Å². The third-order valence-electron chi connectivity index (χ3n) is 3.32. The lowest BCUT2D eigenvalue weighted by atomic mass is 9.80. The monoisotopic (exact) mass is 395 g/mol. The van der Waals surface area contributed by atoms with E-state index in [4.69, 9.17) is 4.74 Å². The molecule has 0 radical (unpaired) electrons. The Bertz CT molecular complexity index is 482. The topological polar surface area (TPSA) is 75.6 Å². The van der Waals surface area contributed by atoms with E-state index in [1.807, 2.05) is 0 Å². The van der Waals surface area contributed by atoms with E-state index in [9.17, 15) is 14.7 Å². The molecule has 1 saturated heterocycles. The van der Waals surface area contributed by atoms with Crippen LogP contribution < -0.4 is 5.32 Å². The molecule has 1 fully saturated rings. The molecule has 0 aromatic carbocycles. The number of thiophene rings is 1. The zero-order valence-electron chi connectivity index (χ0n) is 10.1. The van der Waals surface area contributed by atoms with Crippen LogP contribution in [-0.2, 0) is 9.53 Å². The van der Waals surface area contributed by atoms with Gasteiger partial charge in [-0.05, 0) is 41.5 Å². The van der Waals surface area contributed by atoms with Gasteiger partial charge < -0.3 is 15.2 Å². The van der Waals surface area contributed by atoms with Crippen LogP contribution in [0.25, 0.3) is 0 Å². The second kappa shape index (κ2) is 6.19. The molecular formula is C12H14INO4S. The maximum absolute atomic E-state index is 11.9. The number of carboxylic acids is 1. The molecule has 0 atom stereocenters. The predicted molar refractivity (Wildman–Crippen MR) is 79.5 cm³/mol. The molecule has 7 heteroatoms. The quantitative estimate of drug-likeness (QED) is 0.765. The average molecular weight is 395 g/mol. The van der Waals surface area contributed by atoms with E-state index in [-0.39, 0.29) is 12.5 Å². The fraction of sp³-hybridized carbons (Fsp3) is 0.500. The predicted octanol–water partition coefficient (Wildman–Crippen LogP) is 1.96. The molecule has 104 valence electrons. The van der Waals surface area contributed by atoms with Crippen LogP contribution in [0.3, 0.4) is 0 Å². The van der Waals surface area contributed by atoms with E-state index in [0.717, 1.165) is 2.88 Å². The lowest BCUT2D eigenvalue weighted by molar-refractivity contribution is -0.154. The molecule has 0 saturated carbocycles. The largest absolute Gasteiger partial charge is 0.481 e. The maximum atomic E-state index is 11.9. The van der Waals surface area contributed by atoms with Gasteiger partial charge in [0.2, 0.25) is 0 Å². The molecule has 2 N–H and O–H groups in total. The van der Waals surface area contributed by atoms with Crippen LogP contribution in [0.4, 0.5) is 0 Å². The Balaban J connectivity index is 1.99. The van der Waals surface area contributed by atoms with Crippen LogP contribution in [0, 0.1) is 8.30 Å². The van der Waals surface area contributed by atoms with Crippen molar-refractivity contribution in [3.05, 3.63) is 19.9 Å². The number of nitrogens with one attached hydrogen (secondary N) is 1. The van der Waals surface area contributed by atoms with Gasteiger partial charge in [0, 0.05) is 25.1 Å². The van der Waals surface area contributed by atoms with Crippen molar-refractivity contribution in [2.24, 2.45) is 5.41 Å². The summed E-state index contributed by atoms with van der Waals surface area (Å²) in [6, 6.07) is 1.79. The number of halogens is 1. The molecule has 1 aliphatic rings. The van der Waals surface area contributed by atoms with Crippen molar-refractivity contribution in [1.29, 1.82) is 0 Å². The van der Waals surface area contributed by atoms with Crippen LogP contribution in [-0.4, -0.2) is 36.7 Å². The van der Waals surface area contributed by atoms with E-state index in [2.05, 4.69) is 27.9 Å². The Morgan fingerprint density at radius 1 is 1.47 bits per heavy atom. The van der Waals surface area contributed by atoms with E-state index in [0.29, 0.717) is 31.6 Å². The SMILES string of the molecule is O=C(NCC1(C(=O)O)CCOCC1)c1csc(I)c1. The molecule has 0 bridgehead atoms. The molecule has 1 aliphatic heterocycles. The highest BCUT2D eigenvalue weighted by atomic mass is 127. The fourth-order valence-electron chi connectivity index (χ4n) is 2.01. The Morgan fingerprint density at radius 2 is 2.16 bits per heavy atom. The molecule has 1 amide bonds. The number of hydrogen-bond donors (Lipinski definition) is 2. The van der Waals surface area contributed by atoms with Crippen molar-refractivity contribution in [3.8, 4) is 0 Å². The third-order valence-corrected chi connectivity index (χ3v) is 5.11. The van der Waals surface area contributed by atoms with E-state index in [1.165, 1.54) is 11.3 Å². The smallest absolute Gasteiger partial charge is 0.311 e. The third kappa shape index (κ3) is 3.46. The minimum Gasteiger partial charge on any atom is -0.481 e. The van der Waals surface area contributed by atoms with Gasteiger partial charge in [-0.2, -0.15) is 0 Å². The number of amides is 1. The summed E-state index contributed by atoms with van der Waals surface area (Å²) in [7, 11) is 0. The van der Waals surface area contributed by atoms with Gasteiger partial charge in [0.15, 0.2) is 0 Å². The van der Waals surface area contributed by atoms with Crippen LogP contribution in [0.1, 0.15) is 23.2 Å². The number of rotatable bonds is 4. The summed E-state index contributed by atoms with van der Waals surface area (Å²) >= 11 is 3.64. The minimum atomic E-state index is -0.892. The van der Waals surface area contributed by atoms with Gasteiger partial charge in [-0.3, -0.25) is 9.59 Å². The summed E-state index contributed by atoms with van der Waals surface area (Å²) in [5.74, 6) is -1.08. The van der Waals surface area contributed by atoms with Crippen molar-refractivity contribution in [2.45, 2.75) is 12.8 Å². The highest BCUT2D eigenvalue weighted by Crippen LogP contribution is 2.30. The second-order valence-corrected chi connectivity index (χ2v) is 7.33. The average Bonchev–Trinajstić information content (AvgIpc) is 2.83. The highest BCUT2D eigenvalue weighted by Gasteiger charge is 2.40. The molecule has 1 aromatic heterocycles. The van der Waals surface area contributed by atoms with Crippen LogP contribution >= 0.6 is 33.9 Å². The van der Waals surface area contributed by atoms with E-state index in [1.54, 1.807) is 11.4 Å². The fourth-order valence-corrected chi connectivity index (χ4v) is 3.34. The van der Waals surface area contributed by atoms with Gasteiger partial charge in [0.25, 0.3) is 5.91 Å². The first-order chi connectivity index (χ1) is 9.03. The normalized spacial score (nSPS) is 17.9. The Labute approximate surface area is 128 Å². The Hall–Kier alpha value is -0.670. The zero-order valence-corrected chi connectivity index (χ0v) is 13.1. The first-order valence-corrected chi connectivity index (χ1v) is 7.83. The Kier molecular flexibility index (Phi) is 4.80. The summed E-state index contributed by atoms with van der Waals surface area (Å²) in [6.45, 7) is 1.01. The molecule has 1 aromatic rings. The van der Waals surface area contributed by atoms with Crippen molar-refractivity contribution in [2.75, 3.05) is 19.8 Å². The van der Waals surface area contributed by atoms with E-state index >= 15 is 0 Å². The summed E-state index contributed by atoms with van der Waals surface area (Å²) in [5, 5.41) is 13.9. The van der Waals surface area contributed by atoms with Crippen molar-refractivity contribution < 1.29 is 19.4 Å². The van der Waals surface area contributed by atoms with Gasteiger partial charge in [-0.25, -0.2) is 0 Å². The maximum Gasteiger partial charge on any atom is 0.311 e. The zero-order chi connectivity index (χ0) is 13.9. The molecule has 0 aliphatic carbocycles. The van der Waals surface area contributed by atoms with E-state index < -0.39 is 11.4 Å². The minimum absolute atomic E-state index is 0.150. The summed E-state index contributed by atoms with van der Waals surface area (Å²) < 4.78 is 6.22. The summed E-state index contributed by atoms with van der Waals surface area (Å²) in [6.07, 6.45) is 0.869. The number of carboxylic acid groups (broad SMARTS) is 1. The number of hydrogen-bond acceptors (Lipinski definition) is 4. The molecule has 2 rings (SSSR count). The standard InChI is InChI=1S/C12H14INO4S/c13-9-5-8(6-19-9)10(15)14-7-12(11(16)17)1-3-18-4-2-12/h5-6H,1-4,7H2,(H,14,15)(H,16,17). The van der Waals surface area contributed by atoms with Gasteiger partial charge in [-0.1, -0.05) is 0 Å². The summed E-state index contributed by atoms with van der Waals surface area (Å²) in [4.78, 5) is 23.4. The highest BCUT2D eigenvalue weighted by molar-refractivity contribution is 14.1.